The van der Waals surface area contributed by atoms with Crippen molar-refractivity contribution in [1.82, 2.24) is 4.90 Å². The van der Waals surface area contributed by atoms with Gasteiger partial charge in [-0.1, -0.05) is 11.6 Å². The van der Waals surface area contributed by atoms with Crippen LogP contribution in [0.25, 0.3) is 0 Å². The SMILES string of the molecule is C[C@@H]1CC(=O)C[C@H](C)N1CC1=CCCCC1. The van der Waals surface area contributed by atoms with Gasteiger partial charge in [-0.2, -0.15) is 0 Å². The summed E-state index contributed by atoms with van der Waals surface area (Å²) < 4.78 is 0. The van der Waals surface area contributed by atoms with Crippen LogP contribution in [0, 0.1) is 0 Å². The number of nitrogens with zero attached hydrogens (tertiary/aromatic N) is 1. The molecular formula is C14H23NO. The maximum absolute atomic E-state index is 11.5. The van der Waals surface area contributed by atoms with Crippen molar-refractivity contribution in [1.29, 1.82) is 0 Å². The highest BCUT2D eigenvalue weighted by Gasteiger charge is 2.29. The Morgan fingerprint density at radius 1 is 1.25 bits per heavy atom. The standard InChI is InChI=1S/C14H23NO/c1-11-8-14(16)9-12(2)15(11)10-13-6-4-3-5-7-13/h6,11-12H,3-5,7-10H2,1-2H3/t11-,12+. The molecule has 0 N–H and O–H groups in total. The number of Topliss-reactive ketones (excluding diaryl/α,β-unsaturated/α-hetero) is 1. The molecule has 1 aliphatic heterocycles. The predicted molar refractivity (Wildman–Crippen MR) is 66.4 cm³/mol. The van der Waals surface area contributed by atoms with Crippen LogP contribution in [0.3, 0.4) is 0 Å². The van der Waals surface area contributed by atoms with E-state index >= 15 is 0 Å². The van der Waals surface area contributed by atoms with Gasteiger partial charge in [0.2, 0.25) is 0 Å². The van der Waals surface area contributed by atoms with E-state index in [0.29, 0.717) is 17.9 Å². The molecule has 1 aliphatic carbocycles. The van der Waals surface area contributed by atoms with Gasteiger partial charge >= 0.3 is 0 Å². The summed E-state index contributed by atoms with van der Waals surface area (Å²) in [6.07, 6.45) is 9.14. The third-order valence-electron chi connectivity index (χ3n) is 3.95. The second kappa shape index (κ2) is 5.13. The zero-order valence-corrected chi connectivity index (χ0v) is 10.5. The van der Waals surface area contributed by atoms with Crippen molar-refractivity contribution < 1.29 is 4.79 Å². The third-order valence-corrected chi connectivity index (χ3v) is 3.95. The summed E-state index contributed by atoms with van der Waals surface area (Å²) >= 11 is 0. The molecule has 0 bridgehead atoms. The van der Waals surface area contributed by atoms with E-state index in [1.54, 1.807) is 5.57 Å². The Bertz CT molecular complexity index is 281. The Morgan fingerprint density at radius 3 is 2.50 bits per heavy atom. The first-order valence-electron chi connectivity index (χ1n) is 6.62. The molecule has 90 valence electrons. The molecule has 2 atom stereocenters. The van der Waals surface area contributed by atoms with Gasteiger partial charge in [0.15, 0.2) is 0 Å². The molecule has 1 fully saturated rings. The van der Waals surface area contributed by atoms with Crippen LogP contribution in [0.4, 0.5) is 0 Å². The lowest BCUT2D eigenvalue weighted by molar-refractivity contribution is -0.124. The van der Waals surface area contributed by atoms with Gasteiger partial charge in [0.05, 0.1) is 0 Å². The molecular weight excluding hydrogens is 198 g/mol. The van der Waals surface area contributed by atoms with Crippen molar-refractivity contribution in [2.75, 3.05) is 6.54 Å². The lowest BCUT2D eigenvalue weighted by atomic mass is 9.93. The van der Waals surface area contributed by atoms with E-state index in [1.165, 1.54) is 25.7 Å². The minimum Gasteiger partial charge on any atom is -0.300 e. The lowest BCUT2D eigenvalue weighted by Crippen LogP contribution is -2.47. The average molecular weight is 221 g/mol. The molecule has 0 spiro atoms. The van der Waals surface area contributed by atoms with Crippen LogP contribution in [0.1, 0.15) is 52.4 Å². The van der Waals surface area contributed by atoms with E-state index < -0.39 is 0 Å². The van der Waals surface area contributed by atoms with E-state index in [0.717, 1.165) is 19.4 Å². The predicted octanol–water partition coefficient (Wildman–Crippen LogP) is 2.93. The molecule has 16 heavy (non-hydrogen) atoms. The molecule has 2 aliphatic rings. The number of piperidine rings is 1. The van der Waals surface area contributed by atoms with Gasteiger partial charge in [-0.3, -0.25) is 9.69 Å². The van der Waals surface area contributed by atoms with Crippen molar-refractivity contribution in [2.24, 2.45) is 0 Å². The number of rotatable bonds is 2. The van der Waals surface area contributed by atoms with E-state index in [9.17, 15) is 4.79 Å². The zero-order valence-electron chi connectivity index (χ0n) is 10.5. The number of allylic oxidation sites excluding steroid dienone is 1. The van der Waals surface area contributed by atoms with E-state index in [-0.39, 0.29) is 0 Å². The highest BCUT2D eigenvalue weighted by molar-refractivity contribution is 5.80. The van der Waals surface area contributed by atoms with Crippen LogP contribution in [0.15, 0.2) is 11.6 Å². The first kappa shape index (κ1) is 11.8. The molecule has 2 rings (SSSR count). The highest BCUT2D eigenvalue weighted by atomic mass is 16.1. The maximum Gasteiger partial charge on any atom is 0.136 e. The number of ketones is 1. The van der Waals surface area contributed by atoms with Crippen LogP contribution in [-0.2, 0) is 4.79 Å². The first-order valence-corrected chi connectivity index (χ1v) is 6.62. The molecule has 1 saturated heterocycles. The summed E-state index contributed by atoms with van der Waals surface area (Å²) in [6, 6.07) is 0.859. The van der Waals surface area contributed by atoms with Crippen molar-refractivity contribution in [3.05, 3.63) is 11.6 Å². The van der Waals surface area contributed by atoms with Crippen molar-refractivity contribution in [2.45, 2.75) is 64.5 Å². The quantitative estimate of drug-likeness (QED) is 0.668. The van der Waals surface area contributed by atoms with E-state index in [2.05, 4.69) is 24.8 Å². The highest BCUT2D eigenvalue weighted by Crippen LogP contribution is 2.25. The number of hydrogen-bond acceptors (Lipinski definition) is 2. The van der Waals surface area contributed by atoms with Crippen LogP contribution in [-0.4, -0.2) is 29.3 Å². The number of likely N-dealkylation sites (tertiary alicyclic amines) is 1. The van der Waals surface area contributed by atoms with Gasteiger partial charge in [0.1, 0.15) is 5.78 Å². The molecule has 0 saturated carbocycles. The zero-order chi connectivity index (χ0) is 11.5. The monoisotopic (exact) mass is 221 g/mol. The average Bonchev–Trinajstić information content (AvgIpc) is 2.25. The van der Waals surface area contributed by atoms with E-state index in [4.69, 9.17) is 0 Å². The molecule has 0 aromatic carbocycles. The summed E-state index contributed by atoms with van der Waals surface area (Å²) in [5, 5.41) is 0. The summed E-state index contributed by atoms with van der Waals surface area (Å²) in [5.74, 6) is 0.439. The Labute approximate surface area is 98.7 Å². The van der Waals surface area contributed by atoms with Gasteiger partial charge in [-0.25, -0.2) is 0 Å². The minimum atomic E-state index is 0.430. The second-order valence-corrected chi connectivity index (χ2v) is 5.43. The van der Waals surface area contributed by atoms with Gasteiger partial charge in [0.25, 0.3) is 0 Å². The summed E-state index contributed by atoms with van der Waals surface area (Å²) in [5.41, 5.74) is 1.60. The van der Waals surface area contributed by atoms with Gasteiger partial charge in [-0.15, -0.1) is 0 Å². The maximum atomic E-state index is 11.5. The third kappa shape index (κ3) is 2.73. The van der Waals surface area contributed by atoms with E-state index in [1.807, 2.05) is 0 Å². The molecule has 0 aromatic heterocycles. The number of carbonyl (C=O) groups is 1. The number of hydrogen-bond donors (Lipinski definition) is 0. The van der Waals surface area contributed by atoms with Crippen molar-refractivity contribution in [3.63, 3.8) is 0 Å². The smallest absolute Gasteiger partial charge is 0.136 e. The van der Waals surface area contributed by atoms with Crippen LogP contribution in [0.2, 0.25) is 0 Å². The molecule has 0 radical (unpaired) electrons. The van der Waals surface area contributed by atoms with Crippen LogP contribution < -0.4 is 0 Å². The number of carbonyl (C=O) groups excluding carboxylic acids is 1. The Kier molecular flexibility index (Phi) is 3.80. The summed E-state index contributed by atoms with van der Waals surface area (Å²) in [7, 11) is 0. The fraction of sp³-hybridized carbons (Fsp3) is 0.786. The second-order valence-electron chi connectivity index (χ2n) is 5.43. The van der Waals surface area contributed by atoms with Gasteiger partial charge in [-0.05, 0) is 39.5 Å². The molecule has 0 aromatic rings. The van der Waals surface area contributed by atoms with Gasteiger partial charge in [0, 0.05) is 31.5 Å². The Balaban J connectivity index is 1.97. The topological polar surface area (TPSA) is 20.3 Å². The Morgan fingerprint density at radius 2 is 1.94 bits per heavy atom. The molecule has 2 heteroatoms. The Hall–Kier alpha value is -0.630. The molecule has 2 nitrogen and oxygen atoms in total. The van der Waals surface area contributed by atoms with Crippen molar-refractivity contribution in [3.8, 4) is 0 Å². The fourth-order valence-corrected chi connectivity index (χ4v) is 3.01. The summed E-state index contributed by atoms with van der Waals surface area (Å²) in [4.78, 5) is 14.0. The molecule has 1 heterocycles. The normalized spacial score (nSPS) is 32.6. The van der Waals surface area contributed by atoms with Gasteiger partial charge < -0.3 is 0 Å². The fourth-order valence-electron chi connectivity index (χ4n) is 3.01. The van der Waals surface area contributed by atoms with Crippen molar-refractivity contribution >= 4 is 5.78 Å². The molecule has 0 amide bonds. The minimum absolute atomic E-state index is 0.430. The van der Waals surface area contributed by atoms with Crippen LogP contribution >= 0.6 is 0 Å². The summed E-state index contributed by atoms with van der Waals surface area (Å²) in [6.45, 7) is 5.48. The largest absolute Gasteiger partial charge is 0.300 e. The molecule has 0 unspecified atom stereocenters. The first-order chi connectivity index (χ1) is 7.66. The lowest BCUT2D eigenvalue weighted by Gasteiger charge is -2.39. The van der Waals surface area contributed by atoms with Crippen LogP contribution in [0.5, 0.6) is 0 Å².